The first-order chi connectivity index (χ1) is 6.65. The quantitative estimate of drug-likeness (QED) is 0.635. The summed E-state index contributed by atoms with van der Waals surface area (Å²) in [5.41, 5.74) is 0.251. The summed E-state index contributed by atoms with van der Waals surface area (Å²) in [4.78, 5) is 11.8. The number of esters is 1. The standard InChI is InChI=1S/C12H20O2/c1-3-14-11(13)10-8-9-4-6-12(10,2)7-5-9/h9-10H,3-8H2,1-2H3. The first kappa shape index (κ1) is 10.0. The summed E-state index contributed by atoms with van der Waals surface area (Å²) in [5, 5.41) is 0. The lowest BCUT2D eigenvalue weighted by molar-refractivity contribution is -0.159. The van der Waals surface area contributed by atoms with Crippen molar-refractivity contribution in [2.75, 3.05) is 6.61 Å². The molecule has 2 bridgehead atoms. The molecule has 3 aliphatic rings. The Morgan fingerprint density at radius 1 is 1.43 bits per heavy atom. The van der Waals surface area contributed by atoms with Crippen LogP contribution in [0.15, 0.2) is 0 Å². The normalized spacial score (nSPS) is 41.0. The van der Waals surface area contributed by atoms with Gasteiger partial charge in [0.05, 0.1) is 12.5 Å². The molecule has 2 heteroatoms. The van der Waals surface area contributed by atoms with E-state index in [4.69, 9.17) is 4.74 Å². The van der Waals surface area contributed by atoms with E-state index in [1.165, 1.54) is 25.7 Å². The molecule has 1 atom stereocenters. The van der Waals surface area contributed by atoms with Gasteiger partial charge in [-0.25, -0.2) is 0 Å². The summed E-state index contributed by atoms with van der Waals surface area (Å²) >= 11 is 0. The predicted molar refractivity (Wildman–Crippen MR) is 54.8 cm³/mol. The molecule has 3 rings (SSSR count). The highest BCUT2D eigenvalue weighted by Gasteiger charge is 2.48. The van der Waals surface area contributed by atoms with E-state index in [0.29, 0.717) is 6.61 Å². The number of carbonyl (C=O) groups excluding carboxylic acids is 1. The summed E-state index contributed by atoms with van der Waals surface area (Å²) in [6.07, 6.45) is 6.18. The first-order valence-electron chi connectivity index (χ1n) is 5.82. The Morgan fingerprint density at radius 2 is 2.07 bits per heavy atom. The molecule has 0 aromatic heterocycles. The van der Waals surface area contributed by atoms with Crippen LogP contribution in [-0.2, 0) is 9.53 Å². The maximum atomic E-state index is 11.8. The summed E-state index contributed by atoms with van der Waals surface area (Å²) in [7, 11) is 0. The van der Waals surface area contributed by atoms with Crippen LogP contribution < -0.4 is 0 Å². The second-order valence-corrected chi connectivity index (χ2v) is 5.14. The molecule has 0 aliphatic heterocycles. The molecular formula is C12H20O2. The molecule has 2 nitrogen and oxygen atoms in total. The van der Waals surface area contributed by atoms with Gasteiger partial charge in [0.1, 0.15) is 0 Å². The van der Waals surface area contributed by atoms with Crippen LogP contribution in [0.5, 0.6) is 0 Å². The van der Waals surface area contributed by atoms with Crippen LogP contribution in [-0.4, -0.2) is 12.6 Å². The summed E-state index contributed by atoms with van der Waals surface area (Å²) in [5.74, 6) is 1.04. The third-order valence-electron chi connectivity index (χ3n) is 4.23. The van der Waals surface area contributed by atoms with Crippen molar-refractivity contribution in [2.24, 2.45) is 17.3 Å². The molecule has 0 spiro atoms. The van der Waals surface area contributed by atoms with Crippen molar-refractivity contribution in [1.82, 2.24) is 0 Å². The molecule has 0 amide bonds. The third kappa shape index (κ3) is 1.55. The third-order valence-corrected chi connectivity index (χ3v) is 4.23. The van der Waals surface area contributed by atoms with Crippen LogP contribution >= 0.6 is 0 Å². The molecule has 0 N–H and O–H groups in total. The fourth-order valence-corrected chi connectivity index (χ4v) is 3.16. The lowest BCUT2D eigenvalue weighted by atomic mass is 9.56. The average Bonchev–Trinajstić information content (AvgIpc) is 2.18. The molecule has 3 aliphatic carbocycles. The van der Waals surface area contributed by atoms with Gasteiger partial charge in [-0.1, -0.05) is 6.92 Å². The predicted octanol–water partition coefficient (Wildman–Crippen LogP) is 2.77. The second kappa shape index (κ2) is 3.56. The van der Waals surface area contributed by atoms with E-state index < -0.39 is 0 Å². The van der Waals surface area contributed by atoms with Gasteiger partial charge in [0, 0.05) is 0 Å². The Balaban J connectivity index is 2.08. The maximum absolute atomic E-state index is 11.8. The fraction of sp³-hybridized carbons (Fsp3) is 0.917. The van der Waals surface area contributed by atoms with E-state index in [0.717, 1.165) is 12.3 Å². The minimum atomic E-state index is 0.0550. The highest BCUT2D eigenvalue weighted by Crippen LogP contribution is 2.53. The second-order valence-electron chi connectivity index (χ2n) is 5.14. The largest absolute Gasteiger partial charge is 0.466 e. The van der Waals surface area contributed by atoms with Crippen LogP contribution in [0.3, 0.4) is 0 Å². The highest BCUT2D eigenvalue weighted by atomic mass is 16.5. The van der Waals surface area contributed by atoms with Crippen LogP contribution in [0.4, 0.5) is 0 Å². The van der Waals surface area contributed by atoms with Crippen molar-refractivity contribution in [3.8, 4) is 0 Å². The van der Waals surface area contributed by atoms with Gasteiger partial charge in [-0.2, -0.15) is 0 Å². The minimum Gasteiger partial charge on any atom is -0.466 e. The molecule has 14 heavy (non-hydrogen) atoms. The smallest absolute Gasteiger partial charge is 0.309 e. The number of rotatable bonds is 2. The van der Waals surface area contributed by atoms with Gasteiger partial charge in [0.15, 0.2) is 0 Å². The Morgan fingerprint density at radius 3 is 2.57 bits per heavy atom. The van der Waals surface area contributed by atoms with Gasteiger partial charge < -0.3 is 4.74 Å². The van der Waals surface area contributed by atoms with E-state index in [9.17, 15) is 4.79 Å². The fourth-order valence-electron chi connectivity index (χ4n) is 3.16. The highest BCUT2D eigenvalue weighted by molar-refractivity contribution is 5.73. The van der Waals surface area contributed by atoms with Gasteiger partial charge >= 0.3 is 5.97 Å². The van der Waals surface area contributed by atoms with E-state index >= 15 is 0 Å². The lowest BCUT2D eigenvalue weighted by Gasteiger charge is -2.49. The van der Waals surface area contributed by atoms with Crippen molar-refractivity contribution in [3.63, 3.8) is 0 Å². The van der Waals surface area contributed by atoms with Gasteiger partial charge in [-0.15, -0.1) is 0 Å². The Labute approximate surface area is 86.0 Å². The summed E-state index contributed by atoms with van der Waals surface area (Å²) < 4.78 is 5.16. The SMILES string of the molecule is CCOC(=O)C1CC2CCC1(C)CC2. The minimum absolute atomic E-state index is 0.0550. The van der Waals surface area contributed by atoms with Crippen LogP contribution in [0, 0.1) is 17.3 Å². The van der Waals surface area contributed by atoms with E-state index in [1.807, 2.05) is 6.92 Å². The van der Waals surface area contributed by atoms with Crippen LogP contribution in [0.1, 0.15) is 46.0 Å². The molecule has 1 unspecified atom stereocenters. The number of carbonyl (C=O) groups is 1. The Kier molecular flexibility index (Phi) is 2.54. The van der Waals surface area contributed by atoms with E-state index in [2.05, 4.69) is 6.92 Å². The summed E-state index contributed by atoms with van der Waals surface area (Å²) in [6.45, 7) is 4.68. The number of hydrogen-bond donors (Lipinski definition) is 0. The van der Waals surface area contributed by atoms with Crippen molar-refractivity contribution in [1.29, 1.82) is 0 Å². The molecule has 0 heterocycles. The van der Waals surface area contributed by atoms with Crippen LogP contribution in [0.2, 0.25) is 0 Å². The van der Waals surface area contributed by atoms with Crippen molar-refractivity contribution < 1.29 is 9.53 Å². The zero-order chi connectivity index (χ0) is 10.2. The topological polar surface area (TPSA) is 26.3 Å². The first-order valence-corrected chi connectivity index (χ1v) is 5.82. The summed E-state index contributed by atoms with van der Waals surface area (Å²) in [6, 6.07) is 0. The maximum Gasteiger partial charge on any atom is 0.309 e. The van der Waals surface area contributed by atoms with Crippen molar-refractivity contribution in [3.05, 3.63) is 0 Å². The van der Waals surface area contributed by atoms with Gasteiger partial charge in [-0.05, 0) is 50.4 Å². The Bertz CT molecular complexity index is 226. The van der Waals surface area contributed by atoms with Gasteiger partial charge in [0.25, 0.3) is 0 Å². The monoisotopic (exact) mass is 196 g/mol. The van der Waals surface area contributed by atoms with Crippen LogP contribution in [0.25, 0.3) is 0 Å². The molecule has 0 aromatic rings. The van der Waals surface area contributed by atoms with E-state index in [-0.39, 0.29) is 17.3 Å². The zero-order valence-electron chi connectivity index (χ0n) is 9.21. The van der Waals surface area contributed by atoms with Gasteiger partial charge in [-0.3, -0.25) is 4.79 Å². The Hall–Kier alpha value is -0.530. The number of fused-ring (bicyclic) bond motifs is 3. The lowest BCUT2D eigenvalue weighted by Crippen LogP contribution is -2.44. The zero-order valence-corrected chi connectivity index (χ0v) is 9.21. The average molecular weight is 196 g/mol. The molecular weight excluding hydrogens is 176 g/mol. The number of hydrogen-bond acceptors (Lipinski definition) is 2. The molecule has 3 fully saturated rings. The molecule has 80 valence electrons. The van der Waals surface area contributed by atoms with Gasteiger partial charge in [0.2, 0.25) is 0 Å². The molecule has 0 radical (unpaired) electrons. The molecule has 0 aromatic carbocycles. The van der Waals surface area contributed by atoms with Crippen molar-refractivity contribution >= 4 is 5.97 Å². The van der Waals surface area contributed by atoms with E-state index in [1.54, 1.807) is 0 Å². The molecule has 3 saturated carbocycles. The molecule has 0 saturated heterocycles. The van der Waals surface area contributed by atoms with Crippen molar-refractivity contribution in [2.45, 2.75) is 46.0 Å². The number of ether oxygens (including phenoxy) is 1.